The Bertz CT molecular complexity index is 3420. The monoisotopic (exact) mass is 1020 g/mol. The summed E-state index contributed by atoms with van der Waals surface area (Å²) in [5, 5.41) is 1.79. The number of hydrogen-bond donors (Lipinski definition) is 1. The SMILES string of the molecule is C[C@@H]1COCCN1c1cc(N=S(C)(=O)C2CC2)nc(-c2ccnc3[nH]ccc23)n1.Cc1ccc(S(=O)(=O)n2ccc3c(-c4nc(N=S(C)(=O)C5CC5)cc(N5CCOC[C@H]5C)n4)ccnc32)cc1.[Na+].[OH-]. The molecule has 8 heterocycles. The van der Waals surface area contributed by atoms with Crippen LogP contribution in [0.25, 0.3) is 44.8 Å². The van der Waals surface area contributed by atoms with Gasteiger partial charge in [0.05, 0.1) is 62.9 Å². The molecular formula is C47H55N12NaO7S3. The van der Waals surface area contributed by atoms with Crippen molar-refractivity contribution in [2.45, 2.75) is 73.9 Å². The number of aryl methyl sites for hydroxylation is 1. The zero-order valence-corrected chi connectivity index (χ0v) is 44.5. The number of morpholine rings is 2. The summed E-state index contributed by atoms with van der Waals surface area (Å²) in [6, 6.07) is 18.0. The number of benzene rings is 1. The molecule has 23 heteroatoms. The van der Waals surface area contributed by atoms with Crippen molar-refractivity contribution < 1.29 is 61.3 Å². The third-order valence-corrected chi connectivity index (χ3v) is 18.8. The summed E-state index contributed by atoms with van der Waals surface area (Å²) in [4.78, 5) is 35.5. The van der Waals surface area contributed by atoms with E-state index in [0.717, 1.165) is 60.2 Å². The largest absolute Gasteiger partial charge is 1.00 e. The molecule has 2 unspecified atom stereocenters. The van der Waals surface area contributed by atoms with Crippen LogP contribution in [-0.4, -0.2) is 136 Å². The van der Waals surface area contributed by atoms with Crippen LogP contribution in [0, 0.1) is 6.92 Å². The average Bonchev–Trinajstić information content (AvgIpc) is 4.26. The predicted octanol–water partition coefficient (Wildman–Crippen LogP) is 4.12. The van der Waals surface area contributed by atoms with Crippen LogP contribution in [0.3, 0.4) is 0 Å². The van der Waals surface area contributed by atoms with E-state index in [4.69, 9.17) is 29.4 Å². The van der Waals surface area contributed by atoms with Gasteiger partial charge in [-0.3, -0.25) is 0 Å². The normalized spacial score (nSPS) is 20.0. The fourth-order valence-corrected chi connectivity index (χ4v) is 13.1. The Kier molecular flexibility index (Phi) is 15.2. The molecule has 0 amide bonds. The standard InChI is InChI=1S/C27H30N6O4S2.C20H24N6O2S.Na.H2O/c1-18-4-6-21(7-5-18)39(35,36)33-13-11-23-22(10-12-28-27(23)33)26-29-24(31-38(3,34)20-8-9-20)16-25(30-26)32-14-15-37-17-19(32)2;1-13-12-28-10-9-26(13)18-11-17(25-29(2,27)14-3-4-14)23-20(24-18)16-6-8-22-19-15(16)5-7-21-19;;/h4-7,10-13,16,19-20H,8-9,14-15,17H2,1-3H3;5-8,11,13-14H,3-4,9-10,12H2,1-2H3,(H,21,22);;1H2/q;;+1;/p-1/t19-,38?;13-,29?;;/m11../s1. The Labute approximate surface area is 430 Å². The quantitative estimate of drug-likeness (QED) is 0.189. The van der Waals surface area contributed by atoms with Crippen LogP contribution in [0.1, 0.15) is 45.1 Å². The van der Waals surface area contributed by atoms with Gasteiger partial charge in [-0.25, -0.2) is 50.7 Å². The summed E-state index contributed by atoms with van der Waals surface area (Å²) < 4.78 is 74.8. The molecule has 70 heavy (non-hydrogen) atoms. The van der Waals surface area contributed by atoms with E-state index in [1.165, 1.54) is 10.2 Å². The molecule has 4 fully saturated rings. The van der Waals surface area contributed by atoms with Crippen molar-refractivity contribution in [2.24, 2.45) is 8.73 Å². The van der Waals surface area contributed by atoms with Crippen LogP contribution in [0.15, 0.2) is 99.1 Å². The van der Waals surface area contributed by atoms with Crippen LogP contribution in [0.2, 0.25) is 0 Å². The van der Waals surface area contributed by atoms with Gasteiger partial charge in [0.2, 0.25) is 0 Å². The maximum Gasteiger partial charge on any atom is 1.00 e. The van der Waals surface area contributed by atoms with Gasteiger partial charge in [0, 0.05) is 94.9 Å². The molecule has 364 valence electrons. The Hall–Kier alpha value is -4.91. The third-order valence-electron chi connectivity index (χ3n) is 12.6. The molecular weight excluding hydrogens is 964 g/mol. The van der Waals surface area contributed by atoms with Crippen molar-refractivity contribution in [1.29, 1.82) is 0 Å². The molecule has 2 aliphatic heterocycles. The van der Waals surface area contributed by atoms with Gasteiger partial charge in [0.15, 0.2) is 28.9 Å². The van der Waals surface area contributed by atoms with Crippen molar-refractivity contribution in [3.05, 3.63) is 91.0 Å². The van der Waals surface area contributed by atoms with E-state index in [-0.39, 0.29) is 68.2 Å². The molecule has 2 aliphatic carbocycles. The fraction of sp³-hybridized carbons (Fsp3) is 0.404. The predicted molar refractivity (Wildman–Crippen MR) is 267 cm³/mol. The molecule has 11 rings (SSSR count). The van der Waals surface area contributed by atoms with Gasteiger partial charge in [-0.05, 0) is 82.9 Å². The zero-order chi connectivity index (χ0) is 47.4. The van der Waals surface area contributed by atoms with E-state index in [0.29, 0.717) is 73.0 Å². The minimum absolute atomic E-state index is 0. The van der Waals surface area contributed by atoms with Crippen LogP contribution < -0.4 is 39.4 Å². The molecule has 2 saturated carbocycles. The summed E-state index contributed by atoms with van der Waals surface area (Å²) >= 11 is 0. The molecule has 0 spiro atoms. The molecule has 19 nitrogen and oxygen atoms in total. The molecule has 0 bridgehead atoms. The van der Waals surface area contributed by atoms with Crippen molar-refractivity contribution in [3.8, 4) is 22.8 Å². The summed E-state index contributed by atoms with van der Waals surface area (Å²) in [5.41, 5.74) is 3.53. The minimum atomic E-state index is -3.87. The average molecular weight is 1020 g/mol. The maximum absolute atomic E-state index is 13.5. The summed E-state index contributed by atoms with van der Waals surface area (Å²) in [5.74, 6) is 3.22. The van der Waals surface area contributed by atoms with Crippen molar-refractivity contribution in [2.75, 3.05) is 61.8 Å². The smallest absolute Gasteiger partial charge is 0.870 e. The first kappa shape index (κ1) is 51.4. The Morgan fingerprint density at radius 1 is 0.671 bits per heavy atom. The number of nitrogens with one attached hydrogen (secondary N) is 1. The molecule has 7 aromatic rings. The molecule has 0 radical (unpaired) electrons. The van der Waals surface area contributed by atoms with Crippen LogP contribution in [0.4, 0.5) is 23.3 Å². The minimum Gasteiger partial charge on any atom is -0.870 e. The summed E-state index contributed by atoms with van der Waals surface area (Å²) in [6.07, 6.45) is 13.8. The summed E-state index contributed by atoms with van der Waals surface area (Å²) in [6.45, 7) is 9.92. The zero-order valence-electron chi connectivity index (χ0n) is 40.0. The number of aromatic amines is 1. The van der Waals surface area contributed by atoms with Crippen LogP contribution in [0.5, 0.6) is 0 Å². The third kappa shape index (κ3) is 10.8. The Balaban J connectivity index is 0.000000190. The van der Waals surface area contributed by atoms with Gasteiger partial charge in [0.25, 0.3) is 10.0 Å². The van der Waals surface area contributed by atoms with E-state index < -0.39 is 29.5 Å². The number of aromatic nitrogens is 8. The number of anilines is 2. The maximum atomic E-state index is 13.5. The van der Waals surface area contributed by atoms with E-state index in [1.807, 2.05) is 31.3 Å². The van der Waals surface area contributed by atoms with Gasteiger partial charge >= 0.3 is 29.6 Å². The van der Waals surface area contributed by atoms with Crippen molar-refractivity contribution >= 4 is 74.8 Å². The number of H-pyrrole nitrogens is 1. The van der Waals surface area contributed by atoms with Gasteiger partial charge in [-0.1, -0.05) is 17.7 Å². The molecule has 4 aliphatic rings. The number of rotatable bonds is 10. The van der Waals surface area contributed by atoms with Gasteiger partial charge in [0.1, 0.15) is 17.3 Å². The fourth-order valence-electron chi connectivity index (χ4n) is 8.52. The second-order valence-corrected chi connectivity index (χ2v) is 24.9. The molecule has 4 atom stereocenters. The van der Waals surface area contributed by atoms with Gasteiger partial charge < -0.3 is 29.7 Å². The Morgan fingerprint density at radius 2 is 1.19 bits per heavy atom. The van der Waals surface area contributed by atoms with Crippen molar-refractivity contribution in [1.82, 2.24) is 38.9 Å². The number of pyridine rings is 2. The number of ether oxygens (including phenoxy) is 2. The number of fused-ring (bicyclic) bond motifs is 2. The molecule has 1 aromatic carbocycles. The second kappa shape index (κ2) is 20.7. The van der Waals surface area contributed by atoms with Crippen LogP contribution >= 0.6 is 0 Å². The first-order valence-electron chi connectivity index (χ1n) is 22.7. The van der Waals surface area contributed by atoms with Crippen molar-refractivity contribution in [3.63, 3.8) is 0 Å². The first-order chi connectivity index (χ1) is 32.6. The van der Waals surface area contributed by atoms with Gasteiger partial charge in [-0.15, -0.1) is 0 Å². The van der Waals surface area contributed by atoms with E-state index in [2.05, 4.69) is 47.3 Å². The van der Waals surface area contributed by atoms with E-state index in [9.17, 15) is 16.8 Å². The summed E-state index contributed by atoms with van der Waals surface area (Å²) in [7, 11) is -8.63. The first-order valence-corrected chi connectivity index (χ1v) is 28.2. The molecule has 6 aromatic heterocycles. The Morgan fingerprint density at radius 3 is 1.70 bits per heavy atom. The topological polar surface area (TPSA) is 246 Å². The van der Waals surface area contributed by atoms with Crippen LogP contribution in [-0.2, 0) is 39.0 Å². The number of nitrogens with zero attached hydrogens (tertiary/aromatic N) is 11. The molecule has 2 N–H and O–H groups in total. The van der Waals surface area contributed by atoms with E-state index in [1.54, 1.807) is 67.4 Å². The number of hydrogen-bond acceptors (Lipinski definition) is 17. The second-order valence-electron chi connectivity index (χ2n) is 18.0. The molecule has 2 saturated heterocycles. The van der Waals surface area contributed by atoms with Gasteiger partial charge in [-0.2, -0.15) is 8.73 Å². The van der Waals surface area contributed by atoms with E-state index >= 15 is 0 Å².